The first-order valence-electron chi connectivity index (χ1n) is 7.85. The average molecular weight is 390 g/mol. The van der Waals surface area contributed by atoms with Crippen LogP contribution in [-0.4, -0.2) is 28.5 Å². The summed E-state index contributed by atoms with van der Waals surface area (Å²) in [4.78, 5) is 12.3. The normalized spacial score (nSPS) is 11.8. The van der Waals surface area contributed by atoms with Gasteiger partial charge in [0.05, 0.1) is 25.2 Å². The number of rotatable bonds is 8. The van der Waals surface area contributed by atoms with E-state index in [4.69, 9.17) is 9.15 Å². The number of thioether (sulfide) groups is 1. The molecule has 0 radical (unpaired) electrons. The Hall–Kier alpha value is -2.52. The van der Waals surface area contributed by atoms with Crippen LogP contribution in [0.4, 0.5) is 10.8 Å². The molecule has 0 aliphatic heterocycles. The van der Waals surface area contributed by atoms with E-state index in [1.165, 1.54) is 23.1 Å². The minimum atomic E-state index is -0.303. The lowest BCUT2D eigenvalue weighted by Gasteiger charge is -2.10. The topological polar surface area (TPSA) is 89.3 Å². The molecule has 3 rings (SSSR count). The third kappa shape index (κ3) is 4.99. The lowest BCUT2D eigenvalue weighted by Crippen LogP contribution is -2.22. The Labute approximate surface area is 159 Å². The molecule has 0 aliphatic carbocycles. The number of carbonyl (C=O) groups is 1. The van der Waals surface area contributed by atoms with Gasteiger partial charge in [-0.05, 0) is 43.3 Å². The number of nitrogens with zero attached hydrogens (tertiary/aromatic N) is 2. The molecular weight excluding hydrogens is 372 g/mol. The number of hydrogen-bond acceptors (Lipinski definition) is 8. The van der Waals surface area contributed by atoms with Gasteiger partial charge in [-0.3, -0.25) is 4.79 Å². The van der Waals surface area contributed by atoms with Gasteiger partial charge in [-0.15, -0.1) is 10.2 Å². The molecule has 7 nitrogen and oxygen atoms in total. The highest BCUT2D eigenvalue weighted by Gasteiger charge is 2.17. The SMILES string of the molecule is COc1ccc(NC(=O)[C@H](C)Sc2nnc(NCc3ccco3)s2)cc1. The summed E-state index contributed by atoms with van der Waals surface area (Å²) in [5.41, 5.74) is 0.723. The molecule has 1 amide bonds. The van der Waals surface area contributed by atoms with Gasteiger partial charge in [-0.25, -0.2) is 0 Å². The van der Waals surface area contributed by atoms with Gasteiger partial charge in [0.15, 0.2) is 4.34 Å². The Morgan fingerprint density at radius 1 is 1.31 bits per heavy atom. The van der Waals surface area contributed by atoms with E-state index in [0.29, 0.717) is 11.7 Å². The summed E-state index contributed by atoms with van der Waals surface area (Å²) in [5, 5.41) is 14.6. The fourth-order valence-corrected chi connectivity index (χ4v) is 3.92. The summed E-state index contributed by atoms with van der Waals surface area (Å²) >= 11 is 2.77. The van der Waals surface area contributed by atoms with Crippen LogP contribution in [-0.2, 0) is 11.3 Å². The number of anilines is 2. The standard InChI is InChI=1S/C17H18N4O3S2/c1-11(15(22)19-12-5-7-13(23-2)8-6-12)25-17-21-20-16(26-17)18-10-14-4-3-9-24-14/h3-9,11H,10H2,1-2H3,(H,18,20)(H,19,22)/t11-/m0/s1. The first kappa shape index (κ1) is 18.3. The molecule has 9 heteroatoms. The lowest BCUT2D eigenvalue weighted by molar-refractivity contribution is -0.115. The van der Waals surface area contributed by atoms with Crippen LogP contribution in [0.5, 0.6) is 5.75 Å². The van der Waals surface area contributed by atoms with Crippen molar-refractivity contribution in [3.63, 3.8) is 0 Å². The Balaban J connectivity index is 1.50. The molecule has 2 N–H and O–H groups in total. The van der Waals surface area contributed by atoms with E-state index >= 15 is 0 Å². The average Bonchev–Trinajstić information content (AvgIpc) is 3.32. The van der Waals surface area contributed by atoms with Gasteiger partial charge < -0.3 is 19.8 Å². The van der Waals surface area contributed by atoms with Gasteiger partial charge in [0, 0.05) is 5.69 Å². The van der Waals surface area contributed by atoms with E-state index in [2.05, 4.69) is 20.8 Å². The highest BCUT2D eigenvalue weighted by Crippen LogP contribution is 2.29. The molecule has 0 saturated carbocycles. The van der Waals surface area contributed by atoms with Crippen LogP contribution < -0.4 is 15.4 Å². The zero-order chi connectivity index (χ0) is 18.4. The van der Waals surface area contributed by atoms with E-state index in [-0.39, 0.29) is 11.2 Å². The Bertz CT molecular complexity index is 834. The summed E-state index contributed by atoms with van der Waals surface area (Å²) in [6.07, 6.45) is 1.63. The second-order valence-electron chi connectivity index (χ2n) is 5.28. The second-order valence-corrected chi connectivity index (χ2v) is 7.85. The molecular formula is C17H18N4O3S2. The molecule has 26 heavy (non-hydrogen) atoms. The molecule has 0 saturated heterocycles. The number of methoxy groups -OCH3 is 1. The van der Waals surface area contributed by atoms with Gasteiger partial charge >= 0.3 is 0 Å². The van der Waals surface area contributed by atoms with Crippen LogP contribution in [0.3, 0.4) is 0 Å². The molecule has 0 unspecified atom stereocenters. The number of aromatic nitrogens is 2. The smallest absolute Gasteiger partial charge is 0.237 e. The quantitative estimate of drug-likeness (QED) is 0.564. The van der Waals surface area contributed by atoms with Gasteiger partial charge in [-0.1, -0.05) is 23.1 Å². The number of furan rings is 1. The van der Waals surface area contributed by atoms with Crippen molar-refractivity contribution in [2.24, 2.45) is 0 Å². The summed E-state index contributed by atoms with van der Waals surface area (Å²) in [5.74, 6) is 1.47. The number of nitrogens with one attached hydrogen (secondary N) is 2. The molecule has 1 aromatic carbocycles. The maximum atomic E-state index is 12.3. The largest absolute Gasteiger partial charge is 0.497 e. The van der Waals surface area contributed by atoms with Crippen molar-refractivity contribution in [1.82, 2.24) is 10.2 Å². The predicted octanol–water partition coefficient (Wildman–Crippen LogP) is 3.87. The monoisotopic (exact) mass is 390 g/mol. The third-order valence-corrected chi connectivity index (χ3v) is 5.47. The molecule has 1 atom stereocenters. The van der Waals surface area contributed by atoms with Gasteiger partial charge in [0.25, 0.3) is 0 Å². The van der Waals surface area contributed by atoms with E-state index in [1.54, 1.807) is 37.6 Å². The van der Waals surface area contributed by atoms with Crippen molar-refractivity contribution in [1.29, 1.82) is 0 Å². The van der Waals surface area contributed by atoms with Crippen molar-refractivity contribution in [3.8, 4) is 5.75 Å². The zero-order valence-electron chi connectivity index (χ0n) is 14.3. The lowest BCUT2D eigenvalue weighted by atomic mass is 10.3. The Morgan fingerprint density at radius 2 is 2.12 bits per heavy atom. The predicted molar refractivity (Wildman–Crippen MR) is 103 cm³/mol. The van der Waals surface area contributed by atoms with Crippen LogP contribution in [0.25, 0.3) is 0 Å². The number of carbonyl (C=O) groups excluding carboxylic acids is 1. The maximum Gasteiger partial charge on any atom is 0.237 e. The fourth-order valence-electron chi connectivity index (χ4n) is 2.03. The molecule has 2 heterocycles. The van der Waals surface area contributed by atoms with Crippen LogP contribution in [0.1, 0.15) is 12.7 Å². The van der Waals surface area contributed by atoms with E-state index in [9.17, 15) is 4.79 Å². The van der Waals surface area contributed by atoms with Crippen LogP contribution in [0.2, 0.25) is 0 Å². The highest BCUT2D eigenvalue weighted by atomic mass is 32.2. The minimum absolute atomic E-state index is 0.0968. The van der Waals surface area contributed by atoms with E-state index in [0.717, 1.165) is 21.5 Å². The molecule has 3 aromatic rings. The Morgan fingerprint density at radius 3 is 2.81 bits per heavy atom. The first-order valence-corrected chi connectivity index (χ1v) is 9.55. The molecule has 0 spiro atoms. The number of amides is 1. The molecule has 2 aromatic heterocycles. The van der Waals surface area contributed by atoms with E-state index in [1.807, 2.05) is 19.1 Å². The Kier molecular flexibility index (Phi) is 6.13. The summed E-state index contributed by atoms with van der Waals surface area (Å²) in [7, 11) is 1.60. The van der Waals surface area contributed by atoms with Gasteiger partial charge in [0.1, 0.15) is 11.5 Å². The number of benzene rings is 1. The molecule has 0 aliphatic rings. The van der Waals surface area contributed by atoms with Crippen molar-refractivity contribution >= 4 is 39.8 Å². The zero-order valence-corrected chi connectivity index (χ0v) is 15.9. The molecule has 0 fully saturated rings. The fraction of sp³-hybridized carbons (Fsp3) is 0.235. The van der Waals surface area contributed by atoms with Crippen LogP contribution in [0, 0.1) is 0 Å². The molecule has 136 valence electrons. The maximum absolute atomic E-state index is 12.3. The van der Waals surface area contributed by atoms with Crippen molar-refractivity contribution < 1.29 is 13.9 Å². The van der Waals surface area contributed by atoms with Crippen molar-refractivity contribution in [2.75, 3.05) is 17.7 Å². The minimum Gasteiger partial charge on any atom is -0.497 e. The van der Waals surface area contributed by atoms with Gasteiger partial charge in [0.2, 0.25) is 11.0 Å². The summed E-state index contributed by atoms with van der Waals surface area (Å²) < 4.78 is 11.1. The first-order chi connectivity index (χ1) is 12.6. The number of hydrogen-bond donors (Lipinski definition) is 2. The van der Waals surface area contributed by atoms with Crippen LogP contribution >= 0.6 is 23.1 Å². The third-order valence-electron chi connectivity index (χ3n) is 3.40. The highest BCUT2D eigenvalue weighted by molar-refractivity contribution is 8.02. The van der Waals surface area contributed by atoms with Crippen molar-refractivity contribution in [2.45, 2.75) is 23.1 Å². The van der Waals surface area contributed by atoms with Crippen molar-refractivity contribution in [3.05, 3.63) is 48.4 Å². The second kappa shape index (κ2) is 8.72. The summed E-state index contributed by atoms with van der Waals surface area (Å²) in [6.45, 7) is 2.38. The number of ether oxygens (including phenoxy) is 1. The molecule has 0 bridgehead atoms. The van der Waals surface area contributed by atoms with E-state index < -0.39 is 0 Å². The van der Waals surface area contributed by atoms with Gasteiger partial charge in [-0.2, -0.15) is 0 Å². The summed E-state index contributed by atoms with van der Waals surface area (Å²) in [6, 6.07) is 10.9. The van der Waals surface area contributed by atoms with Crippen LogP contribution in [0.15, 0.2) is 51.4 Å².